The summed E-state index contributed by atoms with van der Waals surface area (Å²) in [6.45, 7) is 4.93. The van der Waals surface area contributed by atoms with Crippen LogP contribution in [-0.2, 0) is 6.42 Å². The normalized spacial score (nSPS) is 12.0. The Bertz CT molecular complexity index is 2550. The van der Waals surface area contributed by atoms with E-state index in [-0.39, 0.29) is 0 Å². The first-order valence-corrected chi connectivity index (χ1v) is 17.8. The third-order valence-electron chi connectivity index (χ3n) is 10.9. The van der Waals surface area contributed by atoms with Crippen molar-refractivity contribution in [2.45, 2.75) is 20.3 Å². The predicted molar refractivity (Wildman–Crippen MR) is 217 cm³/mol. The zero-order valence-electron chi connectivity index (χ0n) is 28.9. The maximum atomic E-state index is 6.08. The fourth-order valence-corrected chi connectivity index (χ4v) is 8.56. The molecule has 0 saturated carbocycles. The molecule has 7 aromatic carbocycles. The van der Waals surface area contributed by atoms with Crippen LogP contribution in [0.5, 0.6) is 0 Å². The number of aromatic nitrogens is 1. The summed E-state index contributed by atoms with van der Waals surface area (Å²) in [5, 5.41) is 5.13. The Hall–Kier alpha value is -6.16. The fraction of sp³-hybridized carbons (Fsp3) is 0.0833. The lowest BCUT2D eigenvalue weighted by atomic mass is 9.82. The fourth-order valence-electron chi connectivity index (χ4n) is 8.56. The molecule has 9 rings (SSSR count). The van der Waals surface area contributed by atoms with E-state index in [1.807, 2.05) is 6.08 Å². The van der Waals surface area contributed by atoms with Gasteiger partial charge in [-0.25, -0.2) is 0 Å². The second-order valence-corrected chi connectivity index (χ2v) is 13.5. The minimum atomic E-state index is 0.588. The van der Waals surface area contributed by atoms with Gasteiger partial charge in [-0.15, -0.1) is 0 Å². The van der Waals surface area contributed by atoms with Crippen LogP contribution in [0.4, 0.5) is 0 Å². The lowest BCUT2D eigenvalue weighted by Gasteiger charge is -2.20. The quantitative estimate of drug-likeness (QED) is 0.179. The van der Waals surface area contributed by atoms with E-state index in [0.717, 1.165) is 17.8 Å². The van der Waals surface area contributed by atoms with E-state index in [4.69, 9.17) is 11.5 Å². The highest BCUT2D eigenvalue weighted by atomic mass is 15.0. The molecule has 4 N–H and O–H groups in total. The van der Waals surface area contributed by atoms with Gasteiger partial charge in [0.2, 0.25) is 0 Å². The van der Waals surface area contributed by atoms with E-state index >= 15 is 0 Å². The van der Waals surface area contributed by atoms with Crippen LogP contribution < -0.4 is 11.5 Å². The van der Waals surface area contributed by atoms with Gasteiger partial charge in [-0.1, -0.05) is 127 Å². The minimum absolute atomic E-state index is 0.588. The van der Waals surface area contributed by atoms with Crippen LogP contribution in [-0.4, -0.2) is 11.1 Å². The largest absolute Gasteiger partial charge is 0.405 e. The third-order valence-corrected chi connectivity index (χ3v) is 10.9. The van der Waals surface area contributed by atoms with Crippen molar-refractivity contribution in [3.05, 3.63) is 168 Å². The zero-order chi connectivity index (χ0) is 34.6. The van der Waals surface area contributed by atoms with Crippen LogP contribution in [0.15, 0.2) is 146 Å². The average molecular weight is 658 g/mol. The molecule has 1 aliphatic rings. The Morgan fingerprint density at radius 3 is 1.65 bits per heavy atom. The van der Waals surface area contributed by atoms with Gasteiger partial charge in [0.1, 0.15) is 0 Å². The van der Waals surface area contributed by atoms with Crippen LogP contribution in [0.2, 0.25) is 0 Å². The van der Waals surface area contributed by atoms with Crippen molar-refractivity contribution in [3.63, 3.8) is 0 Å². The Balaban J connectivity index is 1.28. The van der Waals surface area contributed by atoms with Crippen LogP contribution in [0.25, 0.3) is 88.9 Å². The molecule has 3 heteroatoms. The van der Waals surface area contributed by atoms with Crippen molar-refractivity contribution in [2.24, 2.45) is 11.5 Å². The first-order chi connectivity index (χ1) is 25.1. The molecule has 1 aromatic heterocycles. The molecule has 0 saturated heterocycles. The SMILES string of the molecule is Cc1c(C)c(CCN)n(-c2ccc(-c3ccc4c5c(cccc35)-c3c-4c(-c4ccccc4)c4ccccc4c3-c3ccccc3)cc2)c1/C=C\N. The van der Waals surface area contributed by atoms with Crippen molar-refractivity contribution in [2.75, 3.05) is 6.54 Å². The van der Waals surface area contributed by atoms with Crippen LogP contribution in [0.1, 0.15) is 22.5 Å². The maximum Gasteiger partial charge on any atom is 0.0505 e. The van der Waals surface area contributed by atoms with Gasteiger partial charge < -0.3 is 16.0 Å². The molecule has 0 radical (unpaired) electrons. The molecule has 3 nitrogen and oxygen atoms in total. The molecule has 1 heterocycles. The average Bonchev–Trinajstić information content (AvgIpc) is 3.63. The van der Waals surface area contributed by atoms with Crippen LogP contribution >= 0.6 is 0 Å². The molecule has 246 valence electrons. The first kappa shape index (κ1) is 30.9. The molecule has 0 fully saturated rings. The third kappa shape index (κ3) is 4.70. The Morgan fingerprint density at radius 1 is 0.510 bits per heavy atom. The number of nitrogens with zero attached hydrogens (tertiary/aromatic N) is 1. The van der Waals surface area contributed by atoms with Gasteiger partial charge in [0, 0.05) is 17.8 Å². The Labute approximate surface area is 299 Å². The molecule has 8 aromatic rings. The molecule has 0 spiro atoms. The van der Waals surface area contributed by atoms with E-state index in [1.165, 1.54) is 94.0 Å². The molecule has 1 aliphatic carbocycles. The lowest BCUT2D eigenvalue weighted by molar-refractivity contribution is 0.861. The summed E-state index contributed by atoms with van der Waals surface area (Å²) >= 11 is 0. The van der Waals surface area contributed by atoms with Crippen LogP contribution in [0, 0.1) is 13.8 Å². The van der Waals surface area contributed by atoms with Crippen molar-refractivity contribution in [3.8, 4) is 61.3 Å². The molecule has 0 unspecified atom stereocenters. The van der Waals surface area contributed by atoms with Crippen molar-refractivity contribution < 1.29 is 0 Å². The van der Waals surface area contributed by atoms with Crippen LogP contribution in [0.3, 0.4) is 0 Å². The van der Waals surface area contributed by atoms with Gasteiger partial charge in [-0.2, -0.15) is 0 Å². The predicted octanol–water partition coefficient (Wildman–Crippen LogP) is 11.5. The highest BCUT2D eigenvalue weighted by Gasteiger charge is 2.31. The zero-order valence-corrected chi connectivity index (χ0v) is 28.9. The Morgan fingerprint density at radius 2 is 1.06 bits per heavy atom. The summed E-state index contributed by atoms with van der Waals surface area (Å²) in [4.78, 5) is 0. The smallest absolute Gasteiger partial charge is 0.0505 e. The molecule has 0 bridgehead atoms. The van der Waals surface area contributed by atoms with Gasteiger partial charge in [-0.3, -0.25) is 0 Å². The lowest BCUT2D eigenvalue weighted by Crippen LogP contribution is -2.10. The molecular weight excluding hydrogens is 619 g/mol. The highest BCUT2D eigenvalue weighted by Crippen LogP contribution is 2.58. The second kappa shape index (κ2) is 12.3. The van der Waals surface area contributed by atoms with E-state index in [2.05, 4.69) is 158 Å². The molecular formula is C48H39N3. The number of nitrogens with two attached hydrogens (primary N) is 2. The van der Waals surface area contributed by atoms with Gasteiger partial charge in [0.15, 0.2) is 0 Å². The van der Waals surface area contributed by atoms with Gasteiger partial charge >= 0.3 is 0 Å². The summed E-state index contributed by atoms with van der Waals surface area (Å²) < 4.78 is 2.32. The minimum Gasteiger partial charge on any atom is -0.405 e. The summed E-state index contributed by atoms with van der Waals surface area (Å²) in [6, 6.07) is 51.2. The van der Waals surface area contributed by atoms with Crippen molar-refractivity contribution in [1.82, 2.24) is 4.57 Å². The Kier molecular flexibility index (Phi) is 7.45. The number of hydrogen-bond donors (Lipinski definition) is 2. The number of fused-ring (bicyclic) bond motifs is 4. The highest BCUT2D eigenvalue weighted by molar-refractivity contribution is 6.28. The van der Waals surface area contributed by atoms with Crippen molar-refractivity contribution in [1.29, 1.82) is 0 Å². The van der Waals surface area contributed by atoms with E-state index in [9.17, 15) is 0 Å². The number of benzene rings is 7. The monoisotopic (exact) mass is 657 g/mol. The summed E-state index contributed by atoms with van der Waals surface area (Å²) in [5.74, 6) is 0. The topological polar surface area (TPSA) is 57.0 Å². The standard InChI is InChI=1S/C48H39N3/c1-30-31(2)43(27-29-50)51(42(30)26-28-49)35-22-20-32(21-23-35)36-24-25-41-46-37(36)18-11-19-40(46)47-44(33-12-5-3-6-13-33)38-16-9-10-17-39(38)45(48(41)47)34-14-7-4-8-15-34/h3-26,28H,27,29,49-50H2,1-2H3/b28-26-. The molecule has 0 aliphatic heterocycles. The maximum absolute atomic E-state index is 6.08. The summed E-state index contributed by atoms with van der Waals surface area (Å²) in [6.07, 6.45) is 4.42. The van der Waals surface area contributed by atoms with E-state index < -0.39 is 0 Å². The van der Waals surface area contributed by atoms with E-state index in [0.29, 0.717) is 6.54 Å². The molecule has 0 atom stereocenters. The van der Waals surface area contributed by atoms with Gasteiger partial charge in [0.05, 0.1) is 5.69 Å². The molecule has 51 heavy (non-hydrogen) atoms. The number of hydrogen-bond acceptors (Lipinski definition) is 2. The number of rotatable bonds is 7. The van der Waals surface area contributed by atoms with Crippen molar-refractivity contribution >= 4 is 27.6 Å². The second-order valence-electron chi connectivity index (χ2n) is 13.5. The summed E-state index contributed by atoms with van der Waals surface area (Å²) in [7, 11) is 0. The summed E-state index contributed by atoms with van der Waals surface area (Å²) in [5.41, 5.74) is 30.6. The van der Waals surface area contributed by atoms with Gasteiger partial charge in [-0.05, 0) is 133 Å². The van der Waals surface area contributed by atoms with Gasteiger partial charge in [0.25, 0.3) is 0 Å². The first-order valence-electron chi connectivity index (χ1n) is 17.8. The van der Waals surface area contributed by atoms with E-state index in [1.54, 1.807) is 6.20 Å². The molecule has 0 amide bonds.